The number of carbonyl (C=O) groups excluding carboxylic acids is 1. The summed E-state index contributed by atoms with van der Waals surface area (Å²) in [4.78, 5) is 20.7. The number of imidazole rings is 1. The predicted molar refractivity (Wildman–Crippen MR) is 114 cm³/mol. The number of halogens is 1. The van der Waals surface area contributed by atoms with Crippen molar-refractivity contribution in [2.45, 2.75) is 17.4 Å². The fourth-order valence-corrected chi connectivity index (χ4v) is 4.12. The number of amides is 1. The van der Waals surface area contributed by atoms with Gasteiger partial charge in [-0.3, -0.25) is 4.79 Å². The molecule has 0 unspecified atom stereocenters. The Morgan fingerprint density at radius 1 is 1.29 bits per heavy atom. The molecule has 0 fully saturated rings. The first-order chi connectivity index (χ1) is 13.3. The molecule has 148 valence electrons. The second kappa shape index (κ2) is 8.55. The normalized spacial score (nSPS) is 12.8. The maximum absolute atomic E-state index is 12.9. The van der Waals surface area contributed by atoms with Crippen molar-refractivity contribution in [1.29, 1.82) is 0 Å². The van der Waals surface area contributed by atoms with Crippen molar-refractivity contribution < 1.29 is 13.2 Å². The van der Waals surface area contributed by atoms with Gasteiger partial charge in [-0.1, -0.05) is 23.7 Å². The van der Waals surface area contributed by atoms with Gasteiger partial charge in [-0.2, -0.15) is 11.8 Å². The number of hydrogen-bond donors (Lipinski definition) is 2. The van der Waals surface area contributed by atoms with Crippen molar-refractivity contribution in [1.82, 2.24) is 15.3 Å². The van der Waals surface area contributed by atoms with Gasteiger partial charge in [0.25, 0.3) is 5.91 Å². The van der Waals surface area contributed by atoms with Crippen LogP contribution in [0.15, 0.2) is 47.4 Å². The van der Waals surface area contributed by atoms with Crippen molar-refractivity contribution in [3.05, 3.63) is 58.9 Å². The van der Waals surface area contributed by atoms with E-state index in [9.17, 15) is 13.2 Å². The number of aromatic nitrogens is 2. The topological polar surface area (TPSA) is 91.9 Å². The molecule has 1 amide bonds. The number of fused-ring (bicyclic) bond motifs is 1. The smallest absolute Gasteiger partial charge is 0.253 e. The Balaban J connectivity index is 1.91. The summed E-state index contributed by atoms with van der Waals surface area (Å²) >= 11 is 7.82. The average Bonchev–Trinajstić information content (AvgIpc) is 3.08. The largest absolute Gasteiger partial charge is 0.342 e. The van der Waals surface area contributed by atoms with E-state index >= 15 is 0 Å². The lowest BCUT2D eigenvalue weighted by Crippen LogP contribution is -2.30. The molecule has 2 N–H and O–H groups in total. The fraction of sp³-hybridized carbons (Fsp3) is 0.263. The molecule has 3 rings (SSSR count). The fourth-order valence-electron chi connectivity index (χ4n) is 2.80. The summed E-state index contributed by atoms with van der Waals surface area (Å²) in [5.74, 6) is 1.03. The van der Waals surface area contributed by atoms with Crippen LogP contribution < -0.4 is 5.32 Å². The van der Waals surface area contributed by atoms with E-state index in [1.807, 2.05) is 30.5 Å². The first-order valence-corrected chi connectivity index (χ1v) is 12.2. The van der Waals surface area contributed by atoms with Crippen LogP contribution in [0.4, 0.5) is 0 Å². The van der Waals surface area contributed by atoms with Gasteiger partial charge in [0.1, 0.15) is 5.82 Å². The Morgan fingerprint density at radius 2 is 2.04 bits per heavy atom. The monoisotopic (exact) mass is 437 g/mol. The standard InChI is InChI=1S/C19H20ClN3O3S2/c1-27-10-9-17(18-21-15-5-3-4-6-16(15)22-18)23-19(24)13-11-12(28(2,25)26)7-8-14(13)20/h3-8,11,17H,9-10H2,1-2H3,(H,21,22)(H,23,24)/t17-/m0/s1. The second-order valence-corrected chi connectivity index (χ2v) is 9.77. The van der Waals surface area contributed by atoms with Crippen molar-refractivity contribution in [2.75, 3.05) is 18.3 Å². The van der Waals surface area contributed by atoms with Gasteiger partial charge < -0.3 is 10.3 Å². The lowest BCUT2D eigenvalue weighted by atomic mass is 10.1. The zero-order valence-electron chi connectivity index (χ0n) is 15.4. The Kier molecular flexibility index (Phi) is 6.32. The van der Waals surface area contributed by atoms with E-state index in [4.69, 9.17) is 11.6 Å². The number of sulfone groups is 1. The van der Waals surface area contributed by atoms with Crippen LogP contribution in [0.5, 0.6) is 0 Å². The molecule has 2 aromatic carbocycles. The van der Waals surface area contributed by atoms with Crippen molar-refractivity contribution in [2.24, 2.45) is 0 Å². The summed E-state index contributed by atoms with van der Waals surface area (Å²) in [6.45, 7) is 0. The SMILES string of the molecule is CSCC[C@H](NC(=O)c1cc(S(C)(=O)=O)ccc1Cl)c1nc2ccccc2[nH]1. The van der Waals surface area contributed by atoms with E-state index in [0.717, 1.165) is 23.0 Å². The molecule has 6 nitrogen and oxygen atoms in total. The predicted octanol–water partition coefficient (Wildman–Crippen LogP) is 3.84. The summed E-state index contributed by atoms with van der Waals surface area (Å²) in [6, 6.07) is 11.4. The summed E-state index contributed by atoms with van der Waals surface area (Å²) < 4.78 is 23.6. The molecular formula is C19H20ClN3O3S2. The van der Waals surface area contributed by atoms with Crippen LogP contribution in [0, 0.1) is 0 Å². The van der Waals surface area contributed by atoms with Gasteiger partial charge in [0.15, 0.2) is 9.84 Å². The Bertz CT molecular complexity index is 1080. The third-order valence-corrected chi connectivity index (χ3v) is 6.35. The number of nitrogens with zero attached hydrogens (tertiary/aromatic N) is 1. The third-order valence-electron chi connectivity index (χ3n) is 4.26. The molecule has 28 heavy (non-hydrogen) atoms. The van der Waals surface area contributed by atoms with Gasteiger partial charge in [-0.05, 0) is 48.8 Å². The number of thioether (sulfide) groups is 1. The average molecular weight is 438 g/mol. The summed E-state index contributed by atoms with van der Waals surface area (Å²) in [5, 5.41) is 3.13. The highest BCUT2D eigenvalue weighted by Gasteiger charge is 2.21. The molecule has 0 bridgehead atoms. The Labute approximate surface area is 173 Å². The van der Waals surface area contributed by atoms with Gasteiger partial charge in [-0.25, -0.2) is 13.4 Å². The first kappa shape index (κ1) is 20.7. The highest BCUT2D eigenvalue weighted by Crippen LogP contribution is 2.24. The third kappa shape index (κ3) is 4.68. The number of aromatic amines is 1. The number of rotatable bonds is 7. The van der Waals surface area contributed by atoms with Gasteiger partial charge in [0.05, 0.1) is 32.6 Å². The van der Waals surface area contributed by atoms with E-state index in [0.29, 0.717) is 12.2 Å². The van der Waals surface area contributed by atoms with Crippen LogP contribution in [-0.2, 0) is 9.84 Å². The van der Waals surface area contributed by atoms with E-state index in [1.165, 1.54) is 18.2 Å². The van der Waals surface area contributed by atoms with Crippen LogP contribution in [0.25, 0.3) is 11.0 Å². The van der Waals surface area contributed by atoms with Gasteiger partial charge in [0.2, 0.25) is 0 Å². The van der Waals surface area contributed by atoms with Crippen molar-refractivity contribution in [3.63, 3.8) is 0 Å². The first-order valence-electron chi connectivity index (χ1n) is 8.53. The Hall–Kier alpha value is -2.03. The molecule has 1 heterocycles. The molecular weight excluding hydrogens is 418 g/mol. The van der Waals surface area contributed by atoms with Crippen molar-refractivity contribution in [3.8, 4) is 0 Å². The summed E-state index contributed by atoms with van der Waals surface area (Å²) in [5.41, 5.74) is 1.82. The lowest BCUT2D eigenvalue weighted by Gasteiger charge is -2.17. The second-order valence-electron chi connectivity index (χ2n) is 6.36. The maximum atomic E-state index is 12.9. The molecule has 3 aromatic rings. The van der Waals surface area contributed by atoms with Gasteiger partial charge in [0, 0.05) is 6.26 Å². The quantitative estimate of drug-likeness (QED) is 0.585. The molecule has 0 saturated heterocycles. The highest BCUT2D eigenvalue weighted by molar-refractivity contribution is 7.98. The molecule has 0 aliphatic heterocycles. The number of H-pyrrole nitrogens is 1. The zero-order chi connectivity index (χ0) is 20.3. The van der Waals surface area contributed by atoms with Crippen molar-refractivity contribution >= 4 is 50.1 Å². The molecule has 0 saturated carbocycles. The van der Waals surface area contributed by atoms with Gasteiger partial charge >= 0.3 is 0 Å². The van der Waals surface area contributed by atoms with Crippen LogP contribution in [0.2, 0.25) is 5.02 Å². The molecule has 0 spiro atoms. The van der Waals surface area contributed by atoms with Gasteiger partial charge in [-0.15, -0.1) is 0 Å². The molecule has 1 atom stereocenters. The Morgan fingerprint density at radius 3 is 2.71 bits per heavy atom. The van der Waals surface area contributed by atoms with E-state index < -0.39 is 15.7 Å². The zero-order valence-corrected chi connectivity index (χ0v) is 17.8. The number of nitrogens with one attached hydrogen (secondary N) is 2. The summed E-state index contributed by atoms with van der Waals surface area (Å²) in [7, 11) is -3.45. The minimum absolute atomic E-state index is 0.0476. The van der Waals surface area contributed by atoms with Crippen LogP contribution in [0.3, 0.4) is 0 Å². The van der Waals surface area contributed by atoms with Crippen LogP contribution in [-0.4, -0.2) is 42.6 Å². The van der Waals surface area contributed by atoms with E-state index in [-0.39, 0.29) is 21.5 Å². The minimum Gasteiger partial charge on any atom is -0.342 e. The summed E-state index contributed by atoms with van der Waals surface area (Å²) in [6.07, 6.45) is 3.74. The highest BCUT2D eigenvalue weighted by atomic mass is 35.5. The number of hydrogen-bond acceptors (Lipinski definition) is 5. The molecule has 0 aliphatic rings. The molecule has 9 heteroatoms. The van der Waals surface area contributed by atoms with E-state index in [2.05, 4.69) is 15.3 Å². The van der Waals surface area contributed by atoms with Crippen LogP contribution in [0.1, 0.15) is 28.6 Å². The lowest BCUT2D eigenvalue weighted by molar-refractivity contribution is 0.0934. The molecule has 0 aliphatic carbocycles. The molecule has 0 radical (unpaired) electrons. The molecule has 1 aromatic heterocycles. The number of benzene rings is 2. The van der Waals surface area contributed by atoms with E-state index in [1.54, 1.807) is 11.8 Å². The number of carbonyl (C=O) groups is 1. The maximum Gasteiger partial charge on any atom is 0.253 e. The minimum atomic E-state index is -3.45. The van der Waals surface area contributed by atoms with Crippen LogP contribution >= 0.6 is 23.4 Å². The number of para-hydroxylation sites is 2.